The van der Waals surface area contributed by atoms with Crippen LogP contribution in [0.4, 0.5) is 22.0 Å². The first kappa shape index (κ1) is 34.4. The van der Waals surface area contributed by atoms with Gasteiger partial charge in [0.15, 0.2) is 5.82 Å². The lowest BCUT2D eigenvalue weighted by molar-refractivity contribution is -0.120. The van der Waals surface area contributed by atoms with Crippen molar-refractivity contribution in [3.8, 4) is 5.75 Å². The van der Waals surface area contributed by atoms with Crippen molar-refractivity contribution < 1.29 is 19.4 Å². The van der Waals surface area contributed by atoms with Crippen molar-refractivity contribution in [1.82, 2.24) is 20.0 Å². The number of imide groups is 1. The van der Waals surface area contributed by atoms with Gasteiger partial charge in [-0.15, -0.1) is 0 Å². The molecule has 0 saturated carbocycles. The molecular formula is C43H47N7O4. The molecule has 3 fully saturated rings. The summed E-state index contributed by atoms with van der Waals surface area (Å²) in [6.07, 6.45) is 2.56. The second-order valence-corrected chi connectivity index (χ2v) is 15.2. The molecular weight excluding hydrogens is 679 g/mol. The fourth-order valence-electron chi connectivity index (χ4n) is 8.95. The lowest BCUT2D eigenvalue weighted by Gasteiger charge is -2.40. The highest BCUT2D eigenvalue weighted by Gasteiger charge is 2.34. The van der Waals surface area contributed by atoms with E-state index in [1.807, 2.05) is 23.9 Å². The third kappa shape index (κ3) is 6.67. The van der Waals surface area contributed by atoms with E-state index in [0.29, 0.717) is 24.9 Å². The van der Waals surface area contributed by atoms with Crippen molar-refractivity contribution in [2.24, 2.45) is 13.0 Å². The Balaban J connectivity index is 0.797. The highest BCUT2D eigenvalue weighted by molar-refractivity contribution is 6.09. The summed E-state index contributed by atoms with van der Waals surface area (Å²) < 4.78 is 8.28. The molecule has 278 valence electrons. The van der Waals surface area contributed by atoms with Gasteiger partial charge in [-0.05, 0) is 83.5 Å². The number of phenols is 1. The lowest BCUT2D eigenvalue weighted by atomic mass is 9.79. The molecule has 0 spiro atoms. The van der Waals surface area contributed by atoms with E-state index in [1.54, 1.807) is 11.0 Å². The van der Waals surface area contributed by atoms with E-state index in [1.165, 1.54) is 40.9 Å². The van der Waals surface area contributed by atoms with Crippen LogP contribution in [0.2, 0.25) is 0 Å². The van der Waals surface area contributed by atoms with Crippen LogP contribution >= 0.6 is 0 Å². The fraction of sp³-hybridized carbons (Fsp3) is 0.372. The molecule has 3 amide bonds. The van der Waals surface area contributed by atoms with Crippen LogP contribution in [0.5, 0.6) is 5.75 Å². The molecule has 2 atom stereocenters. The molecule has 5 aromatic rings. The lowest BCUT2D eigenvalue weighted by Crippen LogP contribution is -2.49. The Bertz CT molecular complexity index is 2150. The Kier molecular flexibility index (Phi) is 9.20. The normalized spacial score (nSPS) is 21.4. The number of carbonyl (C=O) groups is 2. The van der Waals surface area contributed by atoms with Gasteiger partial charge in [0.2, 0.25) is 5.91 Å². The van der Waals surface area contributed by atoms with Gasteiger partial charge in [-0.3, -0.25) is 24.6 Å². The Morgan fingerprint density at radius 1 is 0.796 bits per heavy atom. The van der Waals surface area contributed by atoms with Gasteiger partial charge in [-0.25, -0.2) is 4.79 Å². The summed E-state index contributed by atoms with van der Waals surface area (Å²) in [6.45, 7) is 8.11. The molecule has 54 heavy (non-hydrogen) atoms. The predicted molar refractivity (Wildman–Crippen MR) is 210 cm³/mol. The van der Waals surface area contributed by atoms with E-state index in [4.69, 9.17) is 4.74 Å². The number of benzene rings is 4. The molecule has 3 saturated heterocycles. The van der Waals surface area contributed by atoms with Crippen LogP contribution in [-0.2, 0) is 23.2 Å². The molecule has 4 aliphatic heterocycles. The van der Waals surface area contributed by atoms with Gasteiger partial charge in [0.25, 0.3) is 0 Å². The maximum atomic E-state index is 12.5. The van der Waals surface area contributed by atoms with Crippen molar-refractivity contribution in [1.29, 1.82) is 0 Å². The summed E-state index contributed by atoms with van der Waals surface area (Å²) in [6, 6.07) is 31.2. The monoisotopic (exact) mass is 725 g/mol. The van der Waals surface area contributed by atoms with Crippen molar-refractivity contribution in [3.63, 3.8) is 0 Å². The number of piperazine rings is 1. The van der Waals surface area contributed by atoms with E-state index < -0.39 is 6.03 Å². The molecule has 9 rings (SSSR count). The van der Waals surface area contributed by atoms with Crippen LogP contribution in [0.1, 0.15) is 53.5 Å². The van der Waals surface area contributed by atoms with E-state index >= 15 is 0 Å². The number of aromatic hydroxyl groups is 1. The zero-order valence-electron chi connectivity index (χ0n) is 30.7. The number of ether oxygens (including phenoxy) is 1. The molecule has 0 aliphatic carbocycles. The zero-order chi connectivity index (χ0) is 36.8. The Hall–Kier alpha value is -5.39. The number of hydrogen-bond donors (Lipinski definition) is 2. The molecule has 4 aromatic carbocycles. The van der Waals surface area contributed by atoms with Gasteiger partial charge in [0.05, 0.1) is 18.2 Å². The van der Waals surface area contributed by atoms with Crippen molar-refractivity contribution in [2.75, 3.05) is 67.1 Å². The fourth-order valence-corrected chi connectivity index (χ4v) is 8.95. The van der Waals surface area contributed by atoms with Gasteiger partial charge in [0.1, 0.15) is 5.75 Å². The molecule has 1 aromatic heterocycles. The number of carbonyl (C=O) groups excluding carboxylic acids is 2. The number of nitrogens with zero attached hydrogens (tertiary/aromatic N) is 6. The molecule has 5 heterocycles. The van der Waals surface area contributed by atoms with Gasteiger partial charge < -0.3 is 19.6 Å². The summed E-state index contributed by atoms with van der Waals surface area (Å²) in [5.41, 5.74) is 8.08. The smallest absolute Gasteiger partial charge is 0.329 e. The summed E-state index contributed by atoms with van der Waals surface area (Å²) >= 11 is 0. The second kappa shape index (κ2) is 14.4. The average molecular weight is 726 g/mol. The standard InChI is InChI=1S/C43H47N7O4/c1-46-38-26-34(11-13-37(38)42(45-46)50-20-17-39(52)44-43(50)53)49-23-21-47(22-24-49)27-29-15-18-48(19-16-29)33-9-7-30(8-10-33)40-36-14-12-35(51)25-32(36)28-54-41(40)31-5-3-2-4-6-31/h2-14,25-26,29,40-41,51H,15-24,27-28H2,1H3,(H,44,52,53)/t40-,41-/m1/s1. The third-order valence-electron chi connectivity index (χ3n) is 11.9. The Labute approximate surface area is 315 Å². The minimum Gasteiger partial charge on any atom is -0.508 e. The first-order valence-corrected chi connectivity index (χ1v) is 19.3. The first-order chi connectivity index (χ1) is 26.4. The number of anilines is 3. The van der Waals surface area contributed by atoms with Crippen LogP contribution in [0.15, 0.2) is 91.0 Å². The summed E-state index contributed by atoms with van der Waals surface area (Å²) in [4.78, 5) is 33.3. The molecule has 11 nitrogen and oxygen atoms in total. The minimum absolute atomic E-state index is 0.0473. The Morgan fingerprint density at radius 3 is 2.30 bits per heavy atom. The molecule has 4 aliphatic rings. The summed E-state index contributed by atoms with van der Waals surface area (Å²) in [7, 11) is 1.90. The maximum Gasteiger partial charge on any atom is 0.329 e. The largest absolute Gasteiger partial charge is 0.508 e. The zero-order valence-corrected chi connectivity index (χ0v) is 30.7. The predicted octanol–water partition coefficient (Wildman–Crippen LogP) is 6.17. The highest BCUT2D eigenvalue weighted by Crippen LogP contribution is 2.46. The third-order valence-corrected chi connectivity index (χ3v) is 11.9. The highest BCUT2D eigenvalue weighted by atomic mass is 16.5. The molecule has 0 radical (unpaired) electrons. The SMILES string of the molecule is Cn1nc(N2CCC(=O)NC2=O)c2ccc(N3CCN(CC4CCN(c5ccc([C@@H]6c7ccc(O)cc7CO[C@@H]6c6ccccc6)cc5)CC4)CC3)cc21. The van der Waals surface area contributed by atoms with E-state index in [2.05, 4.69) is 97.9 Å². The average Bonchev–Trinajstić information content (AvgIpc) is 3.53. The number of nitrogens with one attached hydrogen (secondary N) is 1. The number of piperidine rings is 1. The summed E-state index contributed by atoms with van der Waals surface area (Å²) in [5, 5.41) is 18.1. The van der Waals surface area contributed by atoms with E-state index in [-0.39, 0.29) is 30.1 Å². The number of aryl methyl sites for hydroxylation is 1. The van der Waals surface area contributed by atoms with E-state index in [0.717, 1.165) is 62.3 Å². The number of rotatable bonds is 7. The number of hydrogen-bond acceptors (Lipinski definition) is 8. The molecule has 0 bridgehead atoms. The van der Waals surface area contributed by atoms with Crippen molar-refractivity contribution >= 4 is 40.0 Å². The second-order valence-electron chi connectivity index (χ2n) is 15.2. The van der Waals surface area contributed by atoms with Crippen molar-refractivity contribution in [2.45, 2.75) is 37.9 Å². The maximum absolute atomic E-state index is 12.5. The van der Waals surface area contributed by atoms with Crippen molar-refractivity contribution in [3.05, 3.63) is 113 Å². The summed E-state index contributed by atoms with van der Waals surface area (Å²) in [5.74, 6) is 1.36. The van der Waals surface area contributed by atoms with Gasteiger partial charge >= 0.3 is 6.03 Å². The molecule has 2 N–H and O–H groups in total. The number of phenolic OH excluding ortho intramolecular Hbond substituents is 1. The van der Waals surface area contributed by atoms with E-state index in [9.17, 15) is 14.7 Å². The molecule has 11 heteroatoms. The van der Waals surface area contributed by atoms with Crippen LogP contribution in [0.25, 0.3) is 10.9 Å². The van der Waals surface area contributed by atoms with Crippen LogP contribution in [-0.4, -0.2) is 84.1 Å². The van der Waals surface area contributed by atoms with Gasteiger partial charge in [-0.1, -0.05) is 48.5 Å². The van der Waals surface area contributed by atoms with Gasteiger partial charge in [0, 0.05) is 88.5 Å². The minimum atomic E-state index is -0.413. The van der Waals surface area contributed by atoms with Crippen LogP contribution in [0.3, 0.4) is 0 Å². The number of fused-ring (bicyclic) bond motifs is 2. The molecule has 0 unspecified atom stereocenters. The topological polar surface area (TPSA) is 106 Å². The first-order valence-electron chi connectivity index (χ1n) is 19.3. The van der Waals surface area contributed by atoms with Crippen LogP contribution in [0, 0.1) is 5.92 Å². The quantitative estimate of drug-likeness (QED) is 0.206. The number of aromatic nitrogens is 2. The number of urea groups is 1. The van der Waals surface area contributed by atoms with Gasteiger partial charge in [-0.2, -0.15) is 5.10 Å². The Morgan fingerprint density at radius 2 is 1.54 bits per heavy atom. The number of amides is 3. The van der Waals surface area contributed by atoms with Crippen LogP contribution < -0.4 is 20.0 Å².